The van der Waals surface area contributed by atoms with Crippen LogP contribution in [0.5, 0.6) is 0 Å². The number of nitrogens with zero attached hydrogens (tertiary/aromatic N) is 1. The molecule has 0 saturated carbocycles. The molecule has 1 saturated heterocycles. The van der Waals surface area contributed by atoms with E-state index < -0.39 is 49.3 Å². The second-order valence-electron chi connectivity index (χ2n) is 5.24. The Kier molecular flexibility index (Phi) is 7.59. The Hall–Kier alpha value is -0.850. The molecule has 0 bridgehead atoms. The van der Waals surface area contributed by atoms with Crippen molar-refractivity contribution in [1.82, 2.24) is 5.06 Å². The second-order valence-corrected chi connectivity index (χ2v) is 5.24. The normalized spacial score (nSPS) is 33.9. The molecular weight excluding hydrogens is 300 g/mol. The van der Waals surface area contributed by atoms with Crippen LogP contribution in [0.4, 0.5) is 0 Å². The van der Waals surface area contributed by atoms with Gasteiger partial charge >= 0.3 is 5.97 Å². The van der Waals surface area contributed by atoms with Crippen molar-refractivity contribution in [2.75, 3.05) is 13.2 Å². The predicted octanol–water partition coefficient (Wildman–Crippen LogP) is -2.94. The average Bonchev–Trinajstić information content (AvgIpc) is 2.48. The molecule has 1 aliphatic rings. The Labute approximate surface area is 127 Å². The van der Waals surface area contributed by atoms with Gasteiger partial charge in [0, 0.05) is 0 Å². The van der Waals surface area contributed by atoms with Gasteiger partial charge in [0.1, 0.15) is 30.5 Å². The van der Waals surface area contributed by atoms with Crippen LogP contribution in [0.2, 0.25) is 0 Å². The number of carboxylic acids is 1. The first kappa shape index (κ1) is 19.2. The molecule has 6 unspecified atom stereocenters. The lowest BCUT2D eigenvalue weighted by Crippen LogP contribution is -2.64. The molecule has 10 nitrogen and oxygen atoms in total. The number of rotatable bonds is 8. The molecule has 0 radical (unpaired) electrons. The summed E-state index contributed by atoms with van der Waals surface area (Å²) in [6.45, 7) is -0.294. The Morgan fingerprint density at radius 3 is 2.32 bits per heavy atom. The van der Waals surface area contributed by atoms with Crippen LogP contribution in [0, 0.1) is 0 Å². The van der Waals surface area contributed by atoms with Crippen LogP contribution in [0.1, 0.15) is 19.3 Å². The van der Waals surface area contributed by atoms with Gasteiger partial charge in [-0.2, -0.15) is 0 Å². The number of hydrogen-bond donors (Lipinski definition) is 7. The van der Waals surface area contributed by atoms with Gasteiger partial charge in [-0.15, -0.1) is 5.06 Å². The van der Waals surface area contributed by atoms with Gasteiger partial charge in [0.15, 0.2) is 6.23 Å². The number of aliphatic hydroxyl groups excluding tert-OH is 4. The molecular formula is C12H24N2O8. The second kappa shape index (κ2) is 8.70. The number of aliphatic carboxylic acids is 1. The first-order valence-electron chi connectivity index (χ1n) is 7.05. The van der Waals surface area contributed by atoms with E-state index in [9.17, 15) is 25.3 Å². The van der Waals surface area contributed by atoms with Crippen molar-refractivity contribution in [3.63, 3.8) is 0 Å². The highest BCUT2D eigenvalue weighted by Crippen LogP contribution is 2.25. The molecule has 22 heavy (non-hydrogen) atoms. The van der Waals surface area contributed by atoms with E-state index in [4.69, 9.17) is 20.7 Å². The first-order valence-corrected chi connectivity index (χ1v) is 7.05. The number of unbranched alkanes of at least 4 members (excludes halogenated alkanes) is 1. The van der Waals surface area contributed by atoms with Crippen LogP contribution in [0.3, 0.4) is 0 Å². The van der Waals surface area contributed by atoms with E-state index in [0.717, 1.165) is 0 Å². The summed E-state index contributed by atoms with van der Waals surface area (Å²) in [5.74, 6) is -1.34. The maximum atomic E-state index is 11.3. The quantitative estimate of drug-likeness (QED) is 0.180. The van der Waals surface area contributed by atoms with Gasteiger partial charge in [-0.05, 0) is 25.8 Å². The van der Waals surface area contributed by atoms with E-state index in [0.29, 0.717) is 24.4 Å². The van der Waals surface area contributed by atoms with E-state index in [2.05, 4.69) is 0 Å². The van der Waals surface area contributed by atoms with Crippen molar-refractivity contribution in [3.8, 4) is 0 Å². The molecule has 0 spiro atoms. The zero-order chi connectivity index (χ0) is 16.9. The number of hydrogen-bond acceptors (Lipinski definition) is 9. The highest BCUT2D eigenvalue weighted by molar-refractivity contribution is 5.73. The van der Waals surface area contributed by atoms with Crippen LogP contribution in [0.25, 0.3) is 0 Å². The van der Waals surface area contributed by atoms with Crippen molar-refractivity contribution in [2.24, 2.45) is 5.73 Å². The standard InChI is InChI=1S/C12H24N2O8/c13-4-2-1-3-6(12(19)20)14(21)11-10(18)9(17)8(16)7(5-15)22-11/h6-11,15-18,21H,1-5,13H2,(H,19,20). The molecule has 8 N–H and O–H groups in total. The minimum atomic E-state index is -1.74. The fraction of sp³-hybridized carbons (Fsp3) is 0.917. The molecule has 130 valence electrons. The number of nitrogens with two attached hydrogens (primary N) is 1. The SMILES string of the molecule is NCCCCC(C(=O)O)N(O)C1OC(CO)C(O)C(O)C1O. The molecule has 0 aromatic rings. The van der Waals surface area contributed by atoms with Gasteiger partial charge in [-0.3, -0.25) is 4.79 Å². The maximum Gasteiger partial charge on any atom is 0.323 e. The predicted molar refractivity (Wildman–Crippen MR) is 71.7 cm³/mol. The summed E-state index contributed by atoms with van der Waals surface area (Å²) >= 11 is 0. The lowest BCUT2D eigenvalue weighted by atomic mass is 9.97. The van der Waals surface area contributed by atoms with Crippen LogP contribution >= 0.6 is 0 Å². The minimum Gasteiger partial charge on any atom is -0.480 e. The molecule has 0 aromatic heterocycles. The highest BCUT2D eigenvalue weighted by Gasteiger charge is 2.47. The average molecular weight is 324 g/mol. The molecule has 1 fully saturated rings. The summed E-state index contributed by atoms with van der Waals surface area (Å²) in [5, 5.41) is 57.8. The number of hydroxylamine groups is 2. The Bertz CT molecular complexity index is 356. The van der Waals surface area contributed by atoms with Crippen molar-refractivity contribution >= 4 is 5.97 Å². The summed E-state index contributed by atoms with van der Waals surface area (Å²) in [7, 11) is 0. The molecule has 0 amide bonds. The van der Waals surface area contributed by atoms with E-state index in [1.54, 1.807) is 0 Å². The van der Waals surface area contributed by atoms with Crippen LogP contribution in [-0.2, 0) is 9.53 Å². The molecule has 1 aliphatic heterocycles. The summed E-state index contributed by atoms with van der Waals surface area (Å²) in [6, 6.07) is -1.38. The van der Waals surface area contributed by atoms with Crippen LogP contribution in [-0.4, -0.2) is 91.6 Å². The number of carbonyl (C=O) groups is 1. The zero-order valence-corrected chi connectivity index (χ0v) is 12.0. The van der Waals surface area contributed by atoms with E-state index in [-0.39, 0.29) is 6.42 Å². The lowest BCUT2D eigenvalue weighted by Gasteiger charge is -2.43. The van der Waals surface area contributed by atoms with Gasteiger partial charge in [0.25, 0.3) is 0 Å². The zero-order valence-electron chi connectivity index (χ0n) is 12.0. The maximum absolute atomic E-state index is 11.3. The molecule has 1 rings (SSSR count). The van der Waals surface area contributed by atoms with E-state index in [1.807, 2.05) is 0 Å². The molecule has 6 atom stereocenters. The third-order valence-corrected chi connectivity index (χ3v) is 3.66. The first-order chi connectivity index (χ1) is 10.3. The fourth-order valence-corrected chi connectivity index (χ4v) is 2.33. The molecule has 1 heterocycles. The molecule has 10 heteroatoms. The Balaban J connectivity index is 2.82. The molecule has 0 aromatic carbocycles. The third-order valence-electron chi connectivity index (χ3n) is 3.66. The van der Waals surface area contributed by atoms with Gasteiger partial charge in [-0.25, -0.2) is 0 Å². The summed E-state index contributed by atoms with van der Waals surface area (Å²) in [5.41, 5.74) is 5.32. The summed E-state index contributed by atoms with van der Waals surface area (Å²) < 4.78 is 5.11. The summed E-state index contributed by atoms with van der Waals surface area (Å²) in [6.07, 6.45) is -6.77. The lowest BCUT2D eigenvalue weighted by molar-refractivity contribution is -0.329. The van der Waals surface area contributed by atoms with Crippen LogP contribution < -0.4 is 5.73 Å². The number of aliphatic hydroxyl groups is 4. The van der Waals surface area contributed by atoms with Gasteiger partial charge in [-0.1, -0.05) is 0 Å². The Morgan fingerprint density at radius 1 is 1.18 bits per heavy atom. The summed E-state index contributed by atoms with van der Waals surface area (Å²) in [4.78, 5) is 11.3. The van der Waals surface area contributed by atoms with Gasteiger partial charge in [0.05, 0.1) is 6.61 Å². The Morgan fingerprint density at radius 2 is 1.82 bits per heavy atom. The number of ether oxygens (including phenoxy) is 1. The largest absolute Gasteiger partial charge is 0.480 e. The van der Waals surface area contributed by atoms with Crippen LogP contribution in [0.15, 0.2) is 0 Å². The third kappa shape index (κ3) is 4.33. The van der Waals surface area contributed by atoms with Crippen molar-refractivity contribution in [1.29, 1.82) is 0 Å². The van der Waals surface area contributed by atoms with Gasteiger partial charge < -0.3 is 41.2 Å². The van der Waals surface area contributed by atoms with E-state index in [1.165, 1.54) is 0 Å². The van der Waals surface area contributed by atoms with Crippen molar-refractivity contribution in [2.45, 2.75) is 55.9 Å². The topological polar surface area (TPSA) is 177 Å². The van der Waals surface area contributed by atoms with Crippen molar-refractivity contribution in [3.05, 3.63) is 0 Å². The van der Waals surface area contributed by atoms with Gasteiger partial charge in [0.2, 0.25) is 0 Å². The minimum absolute atomic E-state index is 0.0536. The smallest absolute Gasteiger partial charge is 0.323 e. The van der Waals surface area contributed by atoms with Crippen molar-refractivity contribution < 1.29 is 40.3 Å². The number of carboxylic acid groups (broad SMARTS) is 1. The monoisotopic (exact) mass is 324 g/mol. The molecule has 0 aliphatic carbocycles. The fourth-order valence-electron chi connectivity index (χ4n) is 2.33. The van der Waals surface area contributed by atoms with E-state index >= 15 is 0 Å². The highest BCUT2D eigenvalue weighted by atomic mass is 16.6.